The Morgan fingerprint density at radius 1 is 1.00 bits per heavy atom. The summed E-state index contributed by atoms with van der Waals surface area (Å²) in [5, 5.41) is 2.51. The average molecular weight is 419 g/mol. The number of hydrogen-bond donors (Lipinski definition) is 1. The third kappa shape index (κ3) is 8.35. The molecule has 7 nitrogen and oxygen atoms in total. The summed E-state index contributed by atoms with van der Waals surface area (Å²) in [4.78, 5) is 26.5. The number of sulfone groups is 1. The van der Waals surface area contributed by atoms with Gasteiger partial charge in [0.1, 0.15) is 22.5 Å². The van der Waals surface area contributed by atoms with E-state index in [-0.39, 0.29) is 24.7 Å². The first-order valence-electron chi connectivity index (χ1n) is 9.18. The van der Waals surface area contributed by atoms with Crippen molar-refractivity contribution >= 4 is 21.8 Å². The molecule has 0 fully saturated rings. The highest BCUT2D eigenvalue weighted by Crippen LogP contribution is 2.08. The van der Waals surface area contributed by atoms with Gasteiger partial charge in [0.05, 0.1) is 5.75 Å². The van der Waals surface area contributed by atoms with Crippen molar-refractivity contribution in [1.82, 2.24) is 10.2 Å². The number of hydrogen-bond acceptors (Lipinski definition) is 5. The Balaban J connectivity index is 2.00. The molecule has 156 valence electrons. The second-order valence-electron chi connectivity index (χ2n) is 6.86. The zero-order valence-corrected chi connectivity index (χ0v) is 17.4. The van der Waals surface area contributed by atoms with Gasteiger partial charge in [0.2, 0.25) is 5.91 Å². The van der Waals surface area contributed by atoms with E-state index < -0.39 is 22.0 Å². The largest absolute Gasteiger partial charge is 0.445 e. The minimum absolute atomic E-state index is 0.0305. The first kappa shape index (κ1) is 22.4. The number of carbonyl (C=O) groups is 2. The van der Waals surface area contributed by atoms with Crippen LogP contribution < -0.4 is 5.32 Å². The van der Waals surface area contributed by atoms with Gasteiger partial charge in [-0.25, -0.2) is 13.2 Å². The zero-order valence-electron chi connectivity index (χ0n) is 16.6. The molecule has 0 saturated heterocycles. The number of nitrogens with zero attached hydrogens (tertiary/aromatic N) is 1. The minimum Gasteiger partial charge on any atom is -0.445 e. The monoisotopic (exact) mass is 418 g/mol. The molecule has 0 saturated carbocycles. The molecule has 0 spiro atoms. The van der Waals surface area contributed by atoms with Crippen molar-refractivity contribution in [2.75, 3.05) is 19.1 Å². The topological polar surface area (TPSA) is 92.8 Å². The fourth-order valence-corrected chi connectivity index (χ4v) is 3.36. The van der Waals surface area contributed by atoms with Crippen LogP contribution in [0.2, 0.25) is 0 Å². The SMILES string of the molecule is CN(Cc1ccccc1)C(=O)C(CCS(C)(=O)=O)NC(=O)OCc1ccccc1. The van der Waals surface area contributed by atoms with Crippen molar-refractivity contribution in [1.29, 1.82) is 0 Å². The number of nitrogens with one attached hydrogen (secondary N) is 1. The standard InChI is InChI=1S/C21H26N2O5S/c1-23(15-17-9-5-3-6-10-17)20(24)19(13-14-29(2,26)27)22-21(25)28-16-18-11-7-4-8-12-18/h3-12,19H,13-16H2,1-2H3,(H,22,25). The number of carbonyl (C=O) groups excluding carboxylic acids is 2. The predicted octanol–water partition coefficient (Wildman–Crippen LogP) is 2.37. The lowest BCUT2D eigenvalue weighted by molar-refractivity contribution is -0.132. The van der Waals surface area contributed by atoms with E-state index in [0.29, 0.717) is 6.54 Å². The van der Waals surface area contributed by atoms with Crippen molar-refractivity contribution in [3.05, 3.63) is 71.8 Å². The van der Waals surface area contributed by atoms with E-state index >= 15 is 0 Å². The lowest BCUT2D eigenvalue weighted by Crippen LogP contribution is -2.48. The van der Waals surface area contributed by atoms with Crippen LogP contribution in [-0.2, 0) is 32.5 Å². The molecule has 2 aromatic rings. The number of ether oxygens (including phenoxy) is 1. The van der Waals surface area contributed by atoms with Crippen molar-refractivity contribution in [3.8, 4) is 0 Å². The molecule has 2 rings (SSSR count). The Kier molecular flexibility index (Phi) is 8.21. The quantitative estimate of drug-likeness (QED) is 0.675. The van der Waals surface area contributed by atoms with Gasteiger partial charge in [-0.1, -0.05) is 60.7 Å². The summed E-state index contributed by atoms with van der Waals surface area (Å²) >= 11 is 0. The first-order valence-corrected chi connectivity index (χ1v) is 11.2. The van der Waals surface area contributed by atoms with Gasteiger partial charge in [-0.2, -0.15) is 0 Å². The van der Waals surface area contributed by atoms with Gasteiger partial charge in [0, 0.05) is 19.8 Å². The van der Waals surface area contributed by atoms with E-state index in [2.05, 4.69) is 5.32 Å². The van der Waals surface area contributed by atoms with Gasteiger partial charge >= 0.3 is 6.09 Å². The Labute approximate surface area is 171 Å². The van der Waals surface area contributed by atoms with Gasteiger partial charge in [0.25, 0.3) is 0 Å². The zero-order chi connectivity index (χ0) is 21.3. The fraction of sp³-hybridized carbons (Fsp3) is 0.333. The predicted molar refractivity (Wildman–Crippen MR) is 111 cm³/mol. The normalized spacial score (nSPS) is 12.1. The van der Waals surface area contributed by atoms with E-state index in [0.717, 1.165) is 17.4 Å². The van der Waals surface area contributed by atoms with Crippen molar-refractivity contribution in [2.45, 2.75) is 25.6 Å². The first-order chi connectivity index (χ1) is 13.7. The summed E-state index contributed by atoms with van der Waals surface area (Å²) in [6.45, 7) is 0.398. The third-order valence-electron chi connectivity index (χ3n) is 4.22. The van der Waals surface area contributed by atoms with Crippen LogP contribution in [0.5, 0.6) is 0 Å². The van der Waals surface area contributed by atoms with Gasteiger partial charge < -0.3 is 15.0 Å². The lowest BCUT2D eigenvalue weighted by atomic mass is 10.1. The molecule has 1 N–H and O–H groups in total. The summed E-state index contributed by atoms with van der Waals surface area (Å²) in [7, 11) is -1.68. The highest BCUT2D eigenvalue weighted by atomic mass is 32.2. The Hall–Kier alpha value is -2.87. The Bertz CT molecular complexity index is 901. The average Bonchev–Trinajstić information content (AvgIpc) is 2.70. The summed E-state index contributed by atoms with van der Waals surface area (Å²) < 4.78 is 28.3. The lowest BCUT2D eigenvalue weighted by Gasteiger charge is -2.24. The molecule has 0 aliphatic heterocycles. The molecular formula is C21H26N2O5S. The van der Waals surface area contributed by atoms with Crippen LogP contribution in [0.3, 0.4) is 0 Å². The van der Waals surface area contributed by atoms with Crippen molar-refractivity contribution in [3.63, 3.8) is 0 Å². The van der Waals surface area contributed by atoms with Gasteiger partial charge in [-0.05, 0) is 17.5 Å². The van der Waals surface area contributed by atoms with Gasteiger partial charge in [-0.15, -0.1) is 0 Å². The van der Waals surface area contributed by atoms with Crippen LogP contribution in [0.4, 0.5) is 4.79 Å². The van der Waals surface area contributed by atoms with Gasteiger partial charge in [-0.3, -0.25) is 4.79 Å². The number of alkyl carbamates (subject to hydrolysis) is 1. The van der Waals surface area contributed by atoms with E-state index in [1.165, 1.54) is 4.90 Å². The maximum Gasteiger partial charge on any atom is 0.408 e. The fourth-order valence-electron chi connectivity index (χ4n) is 2.70. The molecule has 0 aromatic heterocycles. The highest BCUT2D eigenvalue weighted by molar-refractivity contribution is 7.90. The molecule has 0 aliphatic rings. The highest BCUT2D eigenvalue weighted by Gasteiger charge is 2.26. The van der Waals surface area contributed by atoms with Crippen LogP contribution in [0.15, 0.2) is 60.7 Å². The molecular weight excluding hydrogens is 392 g/mol. The second-order valence-corrected chi connectivity index (χ2v) is 9.12. The van der Waals surface area contributed by atoms with Crippen LogP contribution in [0.1, 0.15) is 17.5 Å². The van der Waals surface area contributed by atoms with Crippen LogP contribution in [0.25, 0.3) is 0 Å². The molecule has 2 aromatic carbocycles. The number of benzene rings is 2. The number of amides is 2. The van der Waals surface area contributed by atoms with E-state index in [4.69, 9.17) is 4.74 Å². The van der Waals surface area contributed by atoms with E-state index in [1.807, 2.05) is 60.7 Å². The maximum absolute atomic E-state index is 12.8. The molecule has 0 radical (unpaired) electrons. The van der Waals surface area contributed by atoms with Crippen molar-refractivity contribution in [2.24, 2.45) is 0 Å². The molecule has 0 heterocycles. The Morgan fingerprint density at radius 3 is 2.10 bits per heavy atom. The molecule has 2 amide bonds. The third-order valence-corrected chi connectivity index (χ3v) is 5.20. The second kappa shape index (κ2) is 10.6. The number of rotatable bonds is 9. The summed E-state index contributed by atoms with van der Waals surface area (Å²) in [6, 6.07) is 17.5. The summed E-state index contributed by atoms with van der Waals surface area (Å²) in [5.41, 5.74) is 1.74. The van der Waals surface area contributed by atoms with Crippen molar-refractivity contribution < 1.29 is 22.7 Å². The molecule has 8 heteroatoms. The molecule has 29 heavy (non-hydrogen) atoms. The smallest absolute Gasteiger partial charge is 0.408 e. The van der Waals surface area contributed by atoms with Crippen LogP contribution >= 0.6 is 0 Å². The maximum atomic E-state index is 12.8. The number of likely N-dealkylation sites (N-methyl/N-ethyl adjacent to an activating group) is 1. The Morgan fingerprint density at radius 2 is 1.55 bits per heavy atom. The van der Waals surface area contributed by atoms with Gasteiger partial charge in [0.15, 0.2) is 0 Å². The molecule has 0 aliphatic carbocycles. The summed E-state index contributed by atoms with van der Waals surface area (Å²) in [5.74, 6) is -0.601. The molecule has 0 bridgehead atoms. The van der Waals surface area contributed by atoms with Crippen LogP contribution in [-0.4, -0.2) is 50.4 Å². The molecule has 1 unspecified atom stereocenters. The van der Waals surface area contributed by atoms with E-state index in [9.17, 15) is 18.0 Å². The van der Waals surface area contributed by atoms with E-state index in [1.54, 1.807) is 7.05 Å². The molecule has 1 atom stereocenters. The van der Waals surface area contributed by atoms with Crippen LogP contribution in [0, 0.1) is 0 Å². The summed E-state index contributed by atoms with van der Waals surface area (Å²) in [6.07, 6.45) is 0.293. The minimum atomic E-state index is -3.29.